The van der Waals surface area contributed by atoms with Crippen molar-refractivity contribution in [3.05, 3.63) is 71.8 Å². The lowest BCUT2D eigenvalue weighted by Crippen LogP contribution is -2.34. The molecule has 0 spiro atoms. The first kappa shape index (κ1) is 23.2. The summed E-state index contributed by atoms with van der Waals surface area (Å²) in [5.74, 6) is 2.33. The number of methoxy groups -OCH3 is 2. The number of carbonyl (C=O) groups excluding carboxylic acids is 1. The molecule has 1 atom stereocenters. The molecule has 32 heavy (non-hydrogen) atoms. The molecule has 0 radical (unpaired) electrons. The lowest BCUT2D eigenvalue weighted by Gasteiger charge is -2.21. The van der Waals surface area contributed by atoms with Crippen LogP contribution >= 0.6 is 0 Å². The second-order valence-electron chi connectivity index (χ2n) is 8.61. The van der Waals surface area contributed by atoms with E-state index in [1.165, 1.54) is 0 Å². The van der Waals surface area contributed by atoms with E-state index in [-0.39, 0.29) is 17.9 Å². The van der Waals surface area contributed by atoms with Gasteiger partial charge < -0.3 is 24.1 Å². The quantitative estimate of drug-likeness (QED) is 0.576. The van der Waals surface area contributed by atoms with Crippen molar-refractivity contribution >= 4 is 5.91 Å². The fraction of sp³-hybridized carbons (Fsp3) is 0.360. The van der Waals surface area contributed by atoms with Gasteiger partial charge in [-0.1, -0.05) is 32.9 Å². The van der Waals surface area contributed by atoms with E-state index in [0.29, 0.717) is 23.1 Å². The van der Waals surface area contributed by atoms with Gasteiger partial charge in [0.1, 0.15) is 29.1 Å². The summed E-state index contributed by atoms with van der Waals surface area (Å²) in [5, 5.41) is 3.04. The molecule has 2 aromatic carbocycles. The summed E-state index contributed by atoms with van der Waals surface area (Å²) in [7, 11) is 5.06. The Bertz CT molecular complexity index is 1050. The molecule has 0 aliphatic rings. The number of rotatable bonds is 8. The molecule has 1 amide bonds. The summed E-state index contributed by atoms with van der Waals surface area (Å²) >= 11 is 0. The largest absolute Gasteiger partial charge is 0.497 e. The molecule has 7 heteroatoms. The van der Waals surface area contributed by atoms with E-state index in [2.05, 4.69) is 37.1 Å². The Morgan fingerprint density at radius 2 is 1.75 bits per heavy atom. The van der Waals surface area contributed by atoms with Crippen molar-refractivity contribution in [2.75, 3.05) is 20.8 Å². The molecule has 1 N–H and O–H groups in total. The number of nitrogens with zero attached hydrogens (tertiary/aromatic N) is 2. The Morgan fingerprint density at radius 1 is 1.06 bits per heavy atom. The van der Waals surface area contributed by atoms with Gasteiger partial charge in [-0.2, -0.15) is 0 Å². The summed E-state index contributed by atoms with van der Waals surface area (Å²) in [6, 6.07) is 12.8. The van der Waals surface area contributed by atoms with Crippen LogP contribution in [-0.2, 0) is 17.3 Å². The number of aromatic nitrogens is 2. The van der Waals surface area contributed by atoms with E-state index in [1.54, 1.807) is 26.5 Å². The minimum Gasteiger partial charge on any atom is -0.497 e. The number of aryl methyl sites for hydroxylation is 1. The molecule has 3 rings (SSSR count). The van der Waals surface area contributed by atoms with Crippen LogP contribution in [0.15, 0.2) is 54.9 Å². The van der Waals surface area contributed by atoms with Crippen LogP contribution < -0.4 is 19.5 Å². The second kappa shape index (κ2) is 9.77. The highest BCUT2D eigenvalue weighted by molar-refractivity contribution is 5.78. The number of hydrogen-bond acceptors (Lipinski definition) is 5. The molecule has 0 saturated carbocycles. The van der Waals surface area contributed by atoms with Gasteiger partial charge in [0.25, 0.3) is 5.91 Å². The van der Waals surface area contributed by atoms with Crippen molar-refractivity contribution in [1.82, 2.24) is 14.9 Å². The number of hydrogen-bond donors (Lipinski definition) is 1. The van der Waals surface area contributed by atoms with Gasteiger partial charge in [0, 0.05) is 25.5 Å². The van der Waals surface area contributed by atoms with Crippen LogP contribution in [0.2, 0.25) is 0 Å². The van der Waals surface area contributed by atoms with Gasteiger partial charge in [-0.25, -0.2) is 4.98 Å². The molecule has 170 valence electrons. The zero-order valence-corrected chi connectivity index (χ0v) is 19.5. The molecule has 0 fully saturated rings. The molecule has 0 aliphatic carbocycles. The third kappa shape index (κ3) is 5.60. The molecule has 1 unspecified atom stereocenters. The average molecular weight is 438 g/mol. The minimum absolute atomic E-state index is 0.00362. The normalized spacial score (nSPS) is 12.2. The molecule has 7 nitrogen and oxygen atoms in total. The topological polar surface area (TPSA) is 74.6 Å². The summed E-state index contributed by atoms with van der Waals surface area (Å²) < 4.78 is 18.5. The van der Waals surface area contributed by atoms with Crippen molar-refractivity contribution in [1.29, 1.82) is 0 Å². The lowest BCUT2D eigenvalue weighted by molar-refractivity contribution is -0.123. The maximum absolute atomic E-state index is 12.9. The van der Waals surface area contributed by atoms with Gasteiger partial charge in [-0.15, -0.1) is 0 Å². The lowest BCUT2D eigenvalue weighted by atomic mass is 9.87. The molecule has 1 aromatic heterocycles. The Kier molecular flexibility index (Phi) is 7.08. The van der Waals surface area contributed by atoms with Crippen molar-refractivity contribution in [2.45, 2.75) is 32.2 Å². The standard InChI is InChI=1S/C25H31N3O4/c1-25(2,3)18-8-7-9-19(14-18)32-16-22(29)27-23(24-26-10-11-28(24)4)17-12-20(30-5)15-21(13-17)31-6/h7-15,23H,16H2,1-6H3,(H,27,29). The fourth-order valence-electron chi connectivity index (χ4n) is 3.35. The van der Waals surface area contributed by atoms with Crippen LogP contribution in [0, 0.1) is 0 Å². The predicted molar refractivity (Wildman–Crippen MR) is 123 cm³/mol. The SMILES string of the molecule is COc1cc(OC)cc(C(NC(=O)COc2cccc(C(C)(C)C)c2)c2nccn2C)c1. The zero-order chi connectivity index (χ0) is 23.3. The van der Waals surface area contributed by atoms with Crippen molar-refractivity contribution in [3.63, 3.8) is 0 Å². The first-order valence-electron chi connectivity index (χ1n) is 10.4. The zero-order valence-electron chi connectivity index (χ0n) is 19.5. The monoisotopic (exact) mass is 437 g/mol. The fourth-order valence-corrected chi connectivity index (χ4v) is 3.35. The summed E-state index contributed by atoms with van der Waals surface area (Å²) in [6.07, 6.45) is 3.53. The number of amides is 1. The maximum Gasteiger partial charge on any atom is 0.258 e. The molecule has 3 aromatic rings. The van der Waals surface area contributed by atoms with Gasteiger partial charge in [0.2, 0.25) is 0 Å². The highest BCUT2D eigenvalue weighted by Gasteiger charge is 2.23. The second-order valence-corrected chi connectivity index (χ2v) is 8.61. The molecular weight excluding hydrogens is 406 g/mol. The number of nitrogens with one attached hydrogen (secondary N) is 1. The van der Waals surface area contributed by atoms with Crippen LogP contribution in [0.4, 0.5) is 0 Å². The van der Waals surface area contributed by atoms with E-state index in [9.17, 15) is 4.79 Å². The van der Waals surface area contributed by atoms with Crippen LogP contribution in [0.1, 0.15) is 43.8 Å². The van der Waals surface area contributed by atoms with Gasteiger partial charge in [0.15, 0.2) is 6.61 Å². The van der Waals surface area contributed by atoms with E-state index < -0.39 is 6.04 Å². The number of imidazole rings is 1. The van der Waals surface area contributed by atoms with E-state index in [0.717, 1.165) is 11.1 Å². The Hall–Kier alpha value is -3.48. The molecule has 0 aliphatic heterocycles. The minimum atomic E-state index is -0.504. The molecular formula is C25H31N3O4. The summed E-state index contributed by atoms with van der Waals surface area (Å²) in [6.45, 7) is 6.30. The first-order chi connectivity index (χ1) is 15.2. The maximum atomic E-state index is 12.9. The van der Waals surface area contributed by atoms with Crippen molar-refractivity contribution < 1.29 is 19.0 Å². The Balaban J connectivity index is 1.81. The summed E-state index contributed by atoms with van der Waals surface area (Å²) in [4.78, 5) is 17.3. The van der Waals surface area contributed by atoms with Gasteiger partial charge in [-0.3, -0.25) is 4.79 Å². The first-order valence-corrected chi connectivity index (χ1v) is 10.4. The van der Waals surface area contributed by atoms with Crippen LogP contribution in [0.5, 0.6) is 17.2 Å². The number of benzene rings is 2. The third-order valence-corrected chi connectivity index (χ3v) is 5.20. The van der Waals surface area contributed by atoms with E-state index >= 15 is 0 Å². The van der Waals surface area contributed by atoms with E-state index in [1.807, 2.05) is 48.1 Å². The van der Waals surface area contributed by atoms with Gasteiger partial charge in [-0.05, 0) is 40.8 Å². The Morgan fingerprint density at radius 3 is 2.31 bits per heavy atom. The highest BCUT2D eigenvalue weighted by atomic mass is 16.5. The Labute approximate surface area is 189 Å². The van der Waals surface area contributed by atoms with Crippen LogP contribution in [0.25, 0.3) is 0 Å². The highest BCUT2D eigenvalue weighted by Crippen LogP contribution is 2.30. The number of ether oxygens (including phenoxy) is 3. The van der Waals surface area contributed by atoms with Crippen molar-refractivity contribution in [2.24, 2.45) is 7.05 Å². The van der Waals surface area contributed by atoms with Crippen molar-refractivity contribution in [3.8, 4) is 17.2 Å². The third-order valence-electron chi connectivity index (χ3n) is 5.20. The predicted octanol–water partition coefficient (Wildman–Crippen LogP) is 4.02. The van der Waals surface area contributed by atoms with Gasteiger partial charge >= 0.3 is 0 Å². The number of carbonyl (C=O) groups is 1. The van der Waals surface area contributed by atoms with E-state index in [4.69, 9.17) is 14.2 Å². The van der Waals surface area contributed by atoms with Crippen LogP contribution in [0.3, 0.4) is 0 Å². The molecule has 0 saturated heterocycles. The smallest absolute Gasteiger partial charge is 0.258 e. The van der Waals surface area contributed by atoms with Crippen LogP contribution in [-0.4, -0.2) is 36.3 Å². The molecule has 0 bridgehead atoms. The molecule has 1 heterocycles. The average Bonchev–Trinajstić information content (AvgIpc) is 3.20. The van der Waals surface area contributed by atoms with Gasteiger partial charge in [0.05, 0.1) is 14.2 Å². The summed E-state index contributed by atoms with van der Waals surface area (Å²) in [5.41, 5.74) is 1.93.